The molecule has 1 aromatic heterocycles. The van der Waals surface area contributed by atoms with Gasteiger partial charge < -0.3 is 14.5 Å². The zero-order chi connectivity index (χ0) is 13.1. The van der Waals surface area contributed by atoms with Crippen LogP contribution < -0.4 is 4.74 Å². The highest BCUT2D eigenvalue weighted by atomic mass is 16.5. The molecule has 2 rings (SSSR count). The van der Waals surface area contributed by atoms with E-state index in [4.69, 9.17) is 4.74 Å². The third-order valence-electron chi connectivity index (χ3n) is 3.28. The molecule has 18 heavy (non-hydrogen) atoms. The lowest BCUT2D eigenvalue weighted by molar-refractivity contribution is 0.0533. The van der Waals surface area contributed by atoms with E-state index in [2.05, 4.69) is 23.9 Å². The van der Waals surface area contributed by atoms with Crippen LogP contribution in [0.4, 0.5) is 0 Å². The number of ether oxygens (including phenoxy) is 1. The minimum atomic E-state index is 0.0470. The van der Waals surface area contributed by atoms with Gasteiger partial charge >= 0.3 is 0 Å². The summed E-state index contributed by atoms with van der Waals surface area (Å²) in [5.74, 6) is 0.573. The molecule has 0 N–H and O–H groups in total. The summed E-state index contributed by atoms with van der Waals surface area (Å²) in [4.78, 5) is 20.6. The molecule has 1 fully saturated rings. The van der Waals surface area contributed by atoms with Gasteiger partial charge in [0, 0.05) is 37.9 Å². The van der Waals surface area contributed by atoms with Gasteiger partial charge in [-0.15, -0.1) is 0 Å². The smallest absolute Gasteiger partial charge is 0.255 e. The highest BCUT2D eigenvalue weighted by Crippen LogP contribution is 2.14. The van der Waals surface area contributed by atoms with Gasteiger partial charge in [-0.3, -0.25) is 4.79 Å². The molecule has 1 atom stereocenters. The highest BCUT2D eigenvalue weighted by Gasteiger charge is 2.26. The monoisotopic (exact) mass is 249 g/mol. The first kappa shape index (κ1) is 12.8. The number of hydrogen-bond donors (Lipinski definition) is 0. The predicted octanol–water partition coefficient (Wildman–Crippen LogP) is 0.866. The Morgan fingerprint density at radius 3 is 2.78 bits per heavy atom. The highest BCUT2D eigenvalue weighted by molar-refractivity contribution is 5.94. The fourth-order valence-electron chi connectivity index (χ4n) is 2.23. The van der Waals surface area contributed by atoms with Crippen molar-refractivity contribution in [3.8, 4) is 5.88 Å². The van der Waals surface area contributed by atoms with Crippen molar-refractivity contribution in [1.29, 1.82) is 0 Å². The molecular weight excluding hydrogens is 230 g/mol. The lowest BCUT2D eigenvalue weighted by Gasteiger charge is -2.38. The van der Waals surface area contributed by atoms with E-state index in [-0.39, 0.29) is 11.9 Å². The van der Waals surface area contributed by atoms with Crippen molar-refractivity contribution in [3.05, 3.63) is 23.9 Å². The van der Waals surface area contributed by atoms with Gasteiger partial charge in [-0.25, -0.2) is 4.98 Å². The van der Waals surface area contributed by atoms with Crippen molar-refractivity contribution in [2.45, 2.75) is 13.0 Å². The zero-order valence-electron chi connectivity index (χ0n) is 11.1. The molecule has 1 aliphatic heterocycles. The number of pyridine rings is 1. The Kier molecular flexibility index (Phi) is 3.81. The fourth-order valence-corrected chi connectivity index (χ4v) is 2.23. The first-order valence-corrected chi connectivity index (χ1v) is 6.11. The average molecular weight is 249 g/mol. The van der Waals surface area contributed by atoms with Crippen molar-refractivity contribution >= 4 is 5.91 Å². The third kappa shape index (κ3) is 2.61. The van der Waals surface area contributed by atoms with Crippen LogP contribution in [0.3, 0.4) is 0 Å². The Labute approximate surface area is 107 Å². The normalized spacial score (nSPS) is 20.8. The van der Waals surface area contributed by atoms with E-state index in [1.165, 1.54) is 0 Å². The maximum absolute atomic E-state index is 12.3. The van der Waals surface area contributed by atoms with Gasteiger partial charge in [-0.1, -0.05) is 0 Å². The van der Waals surface area contributed by atoms with Gasteiger partial charge in [0.2, 0.25) is 5.88 Å². The summed E-state index contributed by atoms with van der Waals surface area (Å²) in [6.45, 7) is 4.67. The molecule has 0 bridgehead atoms. The van der Waals surface area contributed by atoms with E-state index in [9.17, 15) is 4.79 Å². The van der Waals surface area contributed by atoms with Crippen molar-refractivity contribution in [3.63, 3.8) is 0 Å². The van der Waals surface area contributed by atoms with Gasteiger partial charge in [0.05, 0.1) is 12.7 Å². The van der Waals surface area contributed by atoms with Gasteiger partial charge in [-0.2, -0.15) is 0 Å². The van der Waals surface area contributed by atoms with Crippen molar-refractivity contribution in [2.24, 2.45) is 0 Å². The molecule has 0 aromatic carbocycles. The molecule has 98 valence electrons. The SMILES string of the molecule is COc1ccc(C(=O)N2CCN(C)C[C@H]2C)cn1. The second-order valence-corrected chi connectivity index (χ2v) is 4.70. The molecule has 5 nitrogen and oxygen atoms in total. The number of amides is 1. The van der Waals surface area contributed by atoms with Gasteiger partial charge in [0.1, 0.15) is 0 Å². The predicted molar refractivity (Wildman–Crippen MR) is 68.8 cm³/mol. The number of aromatic nitrogens is 1. The molecule has 1 amide bonds. The number of hydrogen-bond acceptors (Lipinski definition) is 4. The minimum Gasteiger partial charge on any atom is -0.481 e. The Morgan fingerprint density at radius 1 is 1.44 bits per heavy atom. The number of rotatable bonds is 2. The first-order valence-electron chi connectivity index (χ1n) is 6.11. The first-order chi connectivity index (χ1) is 8.61. The maximum Gasteiger partial charge on any atom is 0.255 e. The van der Waals surface area contributed by atoms with E-state index in [0.717, 1.165) is 19.6 Å². The van der Waals surface area contributed by atoms with E-state index in [0.29, 0.717) is 11.4 Å². The largest absolute Gasteiger partial charge is 0.481 e. The molecule has 1 aromatic rings. The molecular formula is C13H19N3O2. The molecule has 2 heterocycles. The van der Waals surface area contributed by atoms with Crippen LogP contribution in [-0.4, -0.2) is 60.5 Å². The maximum atomic E-state index is 12.3. The molecule has 0 aliphatic carbocycles. The fraction of sp³-hybridized carbons (Fsp3) is 0.538. The Morgan fingerprint density at radius 2 is 2.22 bits per heavy atom. The number of carbonyl (C=O) groups is 1. The quantitative estimate of drug-likeness (QED) is 0.780. The molecule has 0 spiro atoms. The Balaban J connectivity index is 2.10. The van der Waals surface area contributed by atoms with Crippen LogP contribution in [0, 0.1) is 0 Å². The number of piperazine rings is 1. The van der Waals surface area contributed by atoms with Gasteiger partial charge in [-0.05, 0) is 20.0 Å². The summed E-state index contributed by atoms with van der Waals surface area (Å²) in [5, 5.41) is 0. The van der Waals surface area contributed by atoms with E-state index < -0.39 is 0 Å². The average Bonchev–Trinajstić information content (AvgIpc) is 2.38. The lowest BCUT2D eigenvalue weighted by Crippen LogP contribution is -2.52. The number of likely N-dealkylation sites (N-methyl/N-ethyl adjacent to an activating group) is 1. The van der Waals surface area contributed by atoms with Crippen molar-refractivity contribution in [2.75, 3.05) is 33.8 Å². The van der Waals surface area contributed by atoms with Crippen LogP contribution in [0.25, 0.3) is 0 Å². The van der Waals surface area contributed by atoms with Crippen LogP contribution in [0.2, 0.25) is 0 Å². The molecule has 1 aliphatic rings. The van der Waals surface area contributed by atoms with Crippen LogP contribution in [-0.2, 0) is 0 Å². The number of methoxy groups -OCH3 is 1. The van der Waals surface area contributed by atoms with Crippen molar-refractivity contribution < 1.29 is 9.53 Å². The lowest BCUT2D eigenvalue weighted by atomic mass is 10.1. The molecule has 0 saturated carbocycles. The summed E-state index contributed by atoms with van der Waals surface area (Å²) >= 11 is 0. The third-order valence-corrected chi connectivity index (χ3v) is 3.28. The minimum absolute atomic E-state index is 0.0470. The van der Waals surface area contributed by atoms with Crippen LogP contribution in [0.15, 0.2) is 18.3 Å². The van der Waals surface area contributed by atoms with Crippen LogP contribution >= 0.6 is 0 Å². The second kappa shape index (κ2) is 5.35. The van der Waals surface area contributed by atoms with E-state index >= 15 is 0 Å². The number of nitrogens with zero attached hydrogens (tertiary/aromatic N) is 3. The van der Waals surface area contributed by atoms with E-state index in [1.54, 1.807) is 25.4 Å². The molecule has 5 heteroatoms. The van der Waals surface area contributed by atoms with Crippen molar-refractivity contribution in [1.82, 2.24) is 14.8 Å². The summed E-state index contributed by atoms with van der Waals surface area (Å²) in [5.41, 5.74) is 0.618. The standard InChI is InChI=1S/C13H19N3O2/c1-10-9-15(2)6-7-16(10)13(17)11-4-5-12(18-3)14-8-11/h4-5,8,10H,6-7,9H2,1-3H3/t10-/m1/s1. The van der Waals surface area contributed by atoms with Gasteiger partial charge in [0.15, 0.2) is 0 Å². The molecule has 0 radical (unpaired) electrons. The van der Waals surface area contributed by atoms with E-state index in [1.807, 2.05) is 4.90 Å². The van der Waals surface area contributed by atoms with Crippen LogP contribution in [0.5, 0.6) is 5.88 Å². The summed E-state index contributed by atoms with van der Waals surface area (Å²) in [6.07, 6.45) is 1.58. The topological polar surface area (TPSA) is 45.7 Å². The summed E-state index contributed by atoms with van der Waals surface area (Å²) in [7, 11) is 3.64. The van der Waals surface area contributed by atoms with Crippen LogP contribution in [0.1, 0.15) is 17.3 Å². The Hall–Kier alpha value is -1.62. The Bertz CT molecular complexity index is 419. The second-order valence-electron chi connectivity index (χ2n) is 4.70. The number of carbonyl (C=O) groups excluding carboxylic acids is 1. The summed E-state index contributed by atoms with van der Waals surface area (Å²) in [6, 6.07) is 3.71. The summed E-state index contributed by atoms with van der Waals surface area (Å²) < 4.78 is 4.99. The zero-order valence-corrected chi connectivity index (χ0v) is 11.1. The van der Waals surface area contributed by atoms with Gasteiger partial charge in [0.25, 0.3) is 5.91 Å². The molecule has 1 saturated heterocycles. The molecule has 0 unspecified atom stereocenters.